The molecule has 1 heterocycles. The number of benzene rings is 2. The molecular formula is C18H16FNO2S2. The van der Waals surface area contributed by atoms with Gasteiger partial charge in [0.05, 0.1) is 11.4 Å². The van der Waals surface area contributed by atoms with E-state index in [0.29, 0.717) is 17.0 Å². The van der Waals surface area contributed by atoms with Crippen LogP contribution in [0.2, 0.25) is 0 Å². The molecule has 0 bridgehead atoms. The zero-order valence-electron chi connectivity index (χ0n) is 13.1. The minimum absolute atomic E-state index is 0.0391. The number of carbonyl (C=O) groups is 2. The lowest BCUT2D eigenvalue weighted by Crippen LogP contribution is -2.36. The summed E-state index contributed by atoms with van der Waals surface area (Å²) < 4.78 is 14.0. The normalized spacial score (nSPS) is 13.5. The predicted molar refractivity (Wildman–Crippen MR) is 96.6 cm³/mol. The van der Waals surface area contributed by atoms with Gasteiger partial charge in [-0.1, -0.05) is 18.2 Å². The Bertz CT molecular complexity index is 794. The molecule has 6 heteroatoms. The lowest BCUT2D eigenvalue weighted by molar-refractivity contribution is -0.116. The summed E-state index contributed by atoms with van der Waals surface area (Å²) in [6.45, 7) is 2.06. The molecule has 1 aliphatic heterocycles. The second-order valence-corrected chi connectivity index (χ2v) is 7.51. The van der Waals surface area contributed by atoms with E-state index < -0.39 is 5.82 Å². The fourth-order valence-corrected chi connectivity index (χ4v) is 4.27. The number of para-hydroxylation sites is 1. The number of hydrogen-bond donors (Lipinski definition) is 0. The fourth-order valence-electron chi connectivity index (χ4n) is 2.48. The number of ketones is 1. The first-order valence-electron chi connectivity index (χ1n) is 7.52. The van der Waals surface area contributed by atoms with Gasteiger partial charge in [0.25, 0.3) is 0 Å². The molecule has 0 unspecified atom stereocenters. The van der Waals surface area contributed by atoms with Crippen LogP contribution in [0.4, 0.5) is 10.1 Å². The van der Waals surface area contributed by atoms with Gasteiger partial charge >= 0.3 is 0 Å². The van der Waals surface area contributed by atoms with Gasteiger partial charge in [0.2, 0.25) is 5.91 Å². The summed E-state index contributed by atoms with van der Waals surface area (Å²) in [4.78, 5) is 27.0. The molecule has 124 valence electrons. The maximum Gasteiger partial charge on any atom is 0.237 e. The van der Waals surface area contributed by atoms with Crippen LogP contribution in [0.3, 0.4) is 0 Å². The van der Waals surface area contributed by atoms with E-state index in [1.165, 1.54) is 13.0 Å². The molecular weight excluding hydrogens is 345 g/mol. The first-order chi connectivity index (χ1) is 11.6. The number of carbonyl (C=O) groups excluding carboxylic acids is 2. The number of halogens is 1. The summed E-state index contributed by atoms with van der Waals surface area (Å²) in [5, 5.41) is 0. The molecule has 1 aliphatic rings. The number of anilines is 1. The smallest absolute Gasteiger partial charge is 0.237 e. The molecule has 3 rings (SSSR count). The quantitative estimate of drug-likeness (QED) is 0.602. The third-order valence-corrected chi connectivity index (χ3v) is 5.80. The molecule has 0 spiro atoms. The topological polar surface area (TPSA) is 37.4 Å². The van der Waals surface area contributed by atoms with Crippen LogP contribution in [0.15, 0.2) is 52.3 Å². The van der Waals surface area contributed by atoms with Crippen LogP contribution in [0, 0.1) is 5.82 Å². The Kier molecular flexibility index (Phi) is 5.26. The van der Waals surface area contributed by atoms with Crippen LogP contribution in [0.25, 0.3) is 0 Å². The monoisotopic (exact) mass is 361 g/mol. The van der Waals surface area contributed by atoms with Gasteiger partial charge in [0.15, 0.2) is 5.78 Å². The molecule has 24 heavy (non-hydrogen) atoms. The van der Waals surface area contributed by atoms with Gasteiger partial charge in [-0.2, -0.15) is 0 Å². The van der Waals surface area contributed by atoms with Crippen molar-refractivity contribution in [2.24, 2.45) is 0 Å². The second kappa shape index (κ2) is 7.40. The van der Waals surface area contributed by atoms with E-state index in [9.17, 15) is 14.0 Å². The van der Waals surface area contributed by atoms with Gasteiger partial charge in [-0.15, -0.1) is 23.5 Å². The largest absolute Gasteiger partial charge is 0.310 e. The Labute approximate surface area is 148 Å². The summed E-state index contributed by atoms with van der Waals surface area (Å²) in [5.41, 5.74) is 1.26. The van der Waals surface area contributed by atoms with E-state index in [2.05, 4.69) is 0 Å². The standard InChI is InChI=1S/C18H16FNO2S2/c1-12(21)13-6-7-16(14(19)10-13)24-11-18(22)20-8-9-23-17-5-3-2-4-15(17)20/h2-7,10H,8-9,11H2,1H3. The summed E-state index contributed by atoms with van der Waals surface area (Å²) in [7, 11) is 0. The Morgan fingerprint density at radius 1 is 1.25 bits per heavy atom. The number of hydrogen-bond acceptors (Lipinski definition) is 4. The minimum atomic E-state index is -0.463. The first kappa shape index (κ1) is 17.0. The molecule has 0 saturated heterocycles. The molecule has 0 N–H and O–H groups in total. The number of amides is 1. The summed E-state index contributed by atoms with van der Waals surface area (Å²) in [5.74, 6) is 0.339. The van der Waals surface area contributed by atoms with E-state index in [1.807, 2.05) is 24.3 Å². The van der Waals surface area contributed by atoms with Crippen LogP contribution in [-0.2, 0) is 4.79 Å². The minimum Gasteiger partial charge on any atom is -0.310 e. The Morgan fingerprint density at radius 3 is 2.79 bits per heavy atom. The third kappa shape index (κ3) is 3.65. The number of nitrogens with zero attached hydrogens (tertiary/aromatic N) is 1. The first-order valence-corrected chi connectivity index (χ1v) is 9.49. The van der Waals surface area contributed by atoms with Crippen molar-refractivity contribution in [3.8, 4) is 0 Å². The molecule has 3 nitrogen and oxygen atoms in total. The SMILES string of the molecule is CC(=O)c1ccc(SCC(=O)N2CCSc3ccccc32)c(F)c1. The van der Waals surface area contributed by atoms with Crippen LogP contribution in [0.5, 0.6) is 0 Å². The van der Waals surface area contributed by atoms with Gasteiger partial charge in [-0.25, -0.2) is 4.39 Å². The number of thioether (sulfide) groups is 2. The molecule has 2 aromatic rings. The second-order valence-electron chi connectivity index (χ2n) is 5.35. The molecule has 0 atom stereocenters. The molecule has 2 aromatic carbocycles. The molecule has 1 amide bonds. The highest BCUT2D eigenvalue weighted by Gasteiger charge is 2.22. The van der Waals surface area contributed by atoms with Crippen molar-refractivity contribution in [1.29, 1.82) is 0 Å². The van der Waals surface area contributed by atoms with Crippen molar-refractivity contribution in [1.82, 2.24) is 0 Å². The molecule has 0 saturated carbocycles. The highest BCUT2D eigenvalue weighted by atomic mass is 32.2. The molecule has 0 aromatic heterocycles. The summed E-state index contributed by atoms with van der Waals surface area (Å²) in [6.07, 6.45) is 0. The van der Waals surface area contributed by atoms with E-state index in [0.717, 1.165) is 28.1 Å². The van der Waals surface area contributed by atoms with Gasteiger partial charge in [-0.05, 0) is 31.2 Å². The molecule has 0 fully saturated rings. The van der Waals surface area contributed by atoms with E-state index >= 15 is 0 Å². The maximum atomic E-state index is 14.0. The van der Waals surface area contributed by atoms with Crippen molar-refractivity contribution >= 4 is 40.9 Å². The molecule has 0 radical (unpaired) electrons. The lowest BCUT2D eigenvalue weighted by Gasteiger charge is -2.28. The third-order valence-electron chi connectivity index (χ3n) is 3.72. The highest BCUT2D eigenvalue weighted by molar-refractivity contribution is 8.00. The van der Waals surface area contributed by atoms with Gasteiger partial charge in [-0.3, -0.25) is 9.59 Å². The van der Waals surface area contributed by atoms with E-state index in [4.69, 9.17) is 0 Å². The van der Waals surface area contributed by atoms with Crippen molar-refractivity contribution in [2.45, 2.75) is 16.7 Å². The highest BCUT2D eigenvalue weighted by Crippen LogP contribution is 2.35. The predicted octanol–water partition coefficient (Wildman–Crippen LogP) is 4.26. The average Bonchev–Trinajstić information content (AvgIpc) is 2.59. The number of Topliss-reactive ketones (excluding diaryl/α,β-unsaturated/α-hetero) is 1. The van der Waals surface area contributed by atoms with Crippen molar-refractivity contribution in [3.05, 3.63) is 53.8 Å². The zero-order valence-corrected chi connectivity index (χ0v) is 14.8. The van der Waals surface area contributed by atoms with Crippen LogP contribution >= 0.6 is 23.5 Å². The number of fused-ring (bicyclic) bond motifs is 1. The van der Waals surface area contributed by atoms with Crippen molar-refractivity contribution in [3.63, 3.8) is 0 Å². The van der Waals surface area contributed by atoms with Crippen molar-refractivity contribution < 1.29 is 14.0 Å². The van der Waals surface area contributed by atoms with Crippen LogP contribution in [0.1, 0.15) is 17.3 Å². The number of rotatable bonds is 4. The zero-order chi connectivity index (χ0) is 17.1. The van der Waals surface area contributed by atoms with Gasteiger partial charge < -0.3 is 4.90 Å². The van der Waals surface area contributed by atoms with Crippen LogP contribution < -0.4 is 4.90 Å². The maximum absolute atomic E-state index is 14.0. The average molecular weight is 361 g/mol. The van der Waals surface area contributed by atoms with Crippen molar-refractivity contribution in [2.75, 3.05) is 23.0 Å². The molecule has 0 aliphatic carbocycles. The summed E-state index contributed by atoms with van der Waals surface area (Å²) in [6, 6.07) is 12.2. The van der Waals surface area contributed by atoms with Gasteiger partial charge in [0.1, 0.15) is 5.82 Å². The lowest BCUT2D eigenvalue weighted by atomic mass is 10.1. The van der Waals surface area contributed by atoms with Crippen LogP contribution in [-0.4, -0.2) is 29.7 Å². The fraction of sp³-hybridized carbons (Fsp3) is 0.222. The summed E-state index contributed by atoms with van der Waals surface area (Å²) >= 11 is 2.90. The Morgan fingerprint density at radius 2 is 2.04 bits per heavy atom. The van der Waals surface area contributed by atoms with E-state index in [1.54, 1.807) is 28.8 Å². The van der Waals surface area contributed by atoms with Gasteiger partial charge in [0, 0.05) is 27.7 Å². The van der Waals surface area contributed by atoms with E-state index in [-0.39, 0.29) is 17.4 Å². The Hall–Kier alpha value is -1.79. The Balaban J connectivity index is 1.70.